The minimum atomic E-state index is -3.82. The van der Waals surface area contributed by atoms with Crippen LogP contribution in [-0.2, 0) is 16.4 Å². The van der Waals surface area contributed by atoms with Gasteiger partial charge in [0.2, 0.25) is 10.0 Å². The van der Waals surface area contributed by atoms with Gasteiger partial charge in [0.15, 0.2) is 11.5 Å². The van der Waals surface area contributed by atoms with Gasteiger partial charge in [-0.3, -0.25) is 0 Å². The Kier molecular flexibility index (Phi) is 4.80. The average molecular weight is 374 g/mol. The Morgan fingerprint density at radius 3 is 2.69 bits per heavy atom. The van der Waals surface area contributed by atoms with Gasteiger partial charge in [-0.2, -0.15) is 0 Å². The molecule has 0 aliphatic heterocycles. The Morgan fingerprint density at radius 1 is 1.19 bits per heavy atom. The summed E-state index contributed by atoms with van der Waals surface area (Å²) >= 11 is 0. The smallest absolute Gasteiger partial charge is 0.335 e. The second-order valence-electron chi connectivity index (χ2n) is 6.01. The summed E-state index contributed by atoms with van der Waals surface area (Å²) < 4.78 is 32.8. The van der Waals surface area contributed by atoms with Crippen LogP contribution in [-0.4, -0.2) is 31.0 Å². The van der Waals surface area contributed by atoms with Crippen LogP contribution in [0.3, 0.4) is 0 Å². The number of hydrogen-bond donors (Lipinski definition) is 2. The predicted octanol–water partition coefficient (Wildman–Crippen LogP) is 2.66. The first-order chi connectivity index (χ1) is 12.3. The molecule has 0 unspecified atom stereocenters. The Bertz CT molecular complexity index is 1090. The Balaban J connectivity index is 1.71. The van der Waals surface area contributed by atoms with Crippen LogP contribution in [0.15, 0.2) is 45.7 Å². The second kappa shape index (κ2) is 6.89. The number of aryl methyl sites for hydroxylation is 2. The molecule has 0 bridgehead atoms. The SMILES string of the molecule is Cc1ccc2oc(CCNS(=O)(=O)c3ccc(C)c(C(=O)O)c3)nc2c1. The van der Waals surface area contributed by atoms with Crippen LogP contribution in [0.5, 0.6) is 0 Å². The van der Waals surface area contributed by atoms with Gasteiger partial charge in [0.1, 0.15) is 5.52 Å². The number of hydrogen-bond acceptors (Lipinski definition) is 5. The second-order valence-corrected chi connectivity index (χ2v) is 7.78. The van der Waals surface area contributed by atoms with Crippen LogP contribution in [0, 0.1) is 13.8 Å². The number of oxazole rings is 1. The lowest BCUT2D eigenvalue weighted by Gasteiger charge is -2.08. The van der Waals surface area contributed by atoms with E-state index in [4.69, 9.17) is 9.52 Å². The third-order valence-corrected chi connectivity index (χ3v) is 5.43. The molecule has 2 N–H and O–H groups in total. The first-order valence-corrected chi connectivity index (χ1v) is 9.44. The molecular weight excluding hydrogens is 356 g/mol. The van der Waals surface area contributed by atoms with E-state index in [1.54, 1.807) is 6.92 Å². The van der Waals surface area contributed by atoms with Gasteiger partial charge in [-0.05, 0) is 49.2 Å². The van der Waals surface area contributed by atoms with Gasteiger partial charge >= 0.3 is 5.97 Å². The van der Waals surface area contributed by atoms with E-state index in [0.717, 1.165) is 17.1 Å². The summed E-state index contributed by atoms with van der Waals surface area (Å²) in [4.78, 5) is 15.4. The highest BCUT2D eigenvalue weighted by atomic mass is 32.2. The maximum Gasteiger partial charge on any atom is 0.335 e. The average Bonchev–Trinajstić information content (AvgIpc) is 2.96. The highest BCUT2D eigenvalue weighted by Gasteiger charge is 2.18. The molecule has 3 rings (SSSR count). The number of aromatic nitrogens is 1. The fourth-order valence-electron chi connectivity index (χ4n) is 2.57. The van der Waals surface area contributed by atoms with E-state index < -0.39 is 16.0 Å². The summed E-state index contributed by atoms with van der Waals surface area (Å²) in [5.74, 6) is -0.732. The molecule has 0 aliphatic rings. The summed E-state index contributed by atoms with van der Waals surface area (Å²) in [6.07, 6.45) is 0.282. The highest BCUT2D eigenvalue weighted by molar-refractivity contribution is 7.89. The molecule has 3 aromatic rings. The van der Waals surface area contributed by atoms with Crippen molar-refractivity contribution in [2.45, 2.75) is 25.2 Å². The van der Waals surface area contributed by atoms with E-state index in [0.29, 0.717) is 17.0 Å². The van der Waals surface area contributed by atoms with Crippen molar-refractivity contribution in [2.24, 2.45) is 0 Å². The number of carboxylic acids is 1. The number of nitrogens with one attached hydrogen (secondary N) is 1. The van der Waals surface area contributed by atoms with Crippen LogP contribution in [0.4, 0.5) is 0 Å². The van der Waals surface area contributed by atoms with E-state index in [1.165, 1.54) is 12.1 Å². The summed E-state index contributed by atoms with van der Waals surface area (Å²) in [6, 6.07) is 9.64. The molecule has 7 nitrogen and oxygen atoms in total. The normalized spacial score (nSPS) is 11.8. The van der Waals surface area contributed by atoms with Crippen LogP contribution in [0.2, 0.25) is 0 Å². The molecule has 0 radical (unpaired) electrons. The van der Waals surface area contributed by atoms with Gasteiger partial charge in [0.05, 0.1) is 10.5 Å². The van der Waals surface area contributed by atoms with Crippen LogP contribution in [0.25, 0.3) is 11.1 Å². The monoisotopic (exact) mass is 374 g/mol. The molecule has 0 spiro atoms. The molecule has 136 valence electrons. The maximum atomic E-state index is 12.4. The molecule has 0 aliphatic carbocycles. The Labute approximate surface area is 150 Å². The van der Waals surface area contributed by atoms with E-state index >= 15 is 0 Å². The lowest BCUT2D eigenvalue weighted by molar-refractivity contribution is 0.0696. The van der Waals surface area contributed by atoms with Gasteiger partial charge in [-0.15, -0.1) is 0 Å². The van der Waals surface area contributed by atoms with Crippen LogP contribution >= 0.6 is 0 Å². The standard InChI is InChI=1S/C18H18N2O5S/c1-11-3-6-16-15(9-11)20-17(25-16)7-8-19-26(23,24)13-5-4-12(2)14(10-13)18(21)22/h3-6,9-10,19H,7-8H2,1-2H3,(H,21,22). The molecule has 8 heteroatoms. The zero-order valence-corrected chi connectivity index (χ0v) is 15.1. The minimum absolute atomic E-state index is 0.0396. The summed E-state index contributed by atoms with van der Waals surface area (Å²) in [5, 5.41) is 9.13. The zero-order valence-electron chi connectivity index (χ0n) is 14.3. The number of carbonyl (C=O) groups is 1. The fraction of sp³-hybridized carbons (Fsp3) is 0.222. The zero-order chi connectivity index (χ0) is 18.9. The van der Waals surface area contributed by atoms with Crippen LogP contribution < -0.4 is 4.72 Å². The van der Waals surface area contributed by atoms with Crippen molar-refractivity contribution in [1.29, 1.82) is 0 Å². The lowest BCUT2D eigenvalue weighted by atomic mass is 10.1. The molecular formula is C18H18N2O5S. The largest absolute Gasteiger partial charge is 0.478 e. The van der Waals surface area contributed by atoms with Crippen LogP contribution in [0.1, 0.15) is 27.4 Å². The van der Waals surface area contributed by atoms with E-state index in [9.17, 15) is 13.2 Å². The highest BCUT2D eigenvalue weighted by Crippen LogP contribution is 2.18. The van der Waals surface area contributed by atoms with Crippen molar-refractivity contribution in [3.8, 4) is 0 Å². The Morgan fingerprint density at radius 2 is 1.96 bits per heavy atom. The lowest BCUT2D eigenvalue weighted by Crippen LogP contribution is -2.26. The predicted molar refractivity (Wildman–Crippen MR) is 95.8 cm³/mol. The maximum absolute atomic E-state index is 12.4. The summed E-state index contributed by atoms with van der Waals surface area (Å²) in [5.41, 5.74) is 2.90. The quantitative estimate of drug-likeness (QED) is 0.686. The van der Waals surface area contributed by atoms with Crippen molar-refractivity contribution < 1.29 is 22.7 Å². The molecule has 0 amide bonds. The first kappa shape index (κ1) is 18.1. The van der Waals surface area contributed by atoms with Crippen molar-refractivity contribution in [2.75, 3.05) is 6.54 Å². The van der Waals surface area contributed by atoms with Crippen molar-refractivity contribution in [1.82, 2.24) is 9.71 Å². The molecule has 0 saturated carbocycles. The van der Waals surface area contributed by atoms with Crippen molar-refractivity contribution in [3.63, 3.8) is 0 Å². The molecule has 2 aromatic carbocycles. The molecule has 26 heavy (non-hydrogen) atoms. The van der Waals surface area contributed by atoms with E-state index in [2.05, 4.69) is 9.71 Å². The topological polar surface area (TPSA) is 110 Å². The van der Waals surface area contributed by atoms with Crippen molar-refractivity contribution in [3.05, 3.63) is 59.0 Å². The Hall–Kier alpha value is -2.71. The summed E-state index contributed by atoms with van der Waals surface area (Å²) in [7, 11) is -3.82. The number of rotatable bonds is 6. The molecule has 0 atom stereocenters. The van der Waals surface area contributed by atoms with E-state index in [1.807, 2.05) is 25.1 Å². The van der Waals surface area contributed by atoms with E-state index in [-0.39, 0.29) is 23.4 Å². The number of nitrogens with zero attached hydrogens (tertiary/aromatic N) is 1. The fourth-order valence-corrected chi connectivity index (χ4v) is 3.62. The molecule has 0 fully saturated rings. The number of fused-ring (bicyclic) bond motifs is 1. The number of aromatic carboxylic acids is 1. The number of sulfonamides is 1. The van der Waals surface area contributed by atoms with Crippen molar-refractivity contribution >= 4 is 27.1 Å². The molecule has 1 aromatic heterocycles. The number of benzene rings is 2. The van der Waals surface area contributed by atoms with Gasteiger partial charge in [0.25, 0.3) is 0 Å². The molecule has 1 heterocycles. The number of carboxylic acid groups (broad SMARTS) is 1. The van der Waals surface area contributed by atoms with Gasteiger partial charge in [0, 0.05) is 13.0 Å². The minimum Gasteiger partial charge on any atom is -0.478 e. The third kappa shape index (κ3) is 3.76. The summed E-state index contributed by atoms with van der Waals surface area (Å²) in [6.45, 7) is 3.65. The van der Waals surface area contributed by atoms with Gasteiger partial charge in [-0.25, -0.2) is 22.9 Å². The van der Waals surface area contributed by atoms with Gasteiger partial charge in [-0.1, -0.05) is 12.1 Å². The third-order valence-electron chi connectivity index (χ3n) is 3.97. The van der Waals surface area contributed by atoms with Gasteiger partial charge < -0.3 is 9.52 Å². The molecule has 0 saturated heterocycles. The first-order valence-electron chi connectivity index (χ1n) is 7.96.